The monoisotopic (exact) mass is 306 g/mol. The summed E-state index contributed by atoms with van der Waals surface area (Å²) in [4.78, 5) is 25.9. The van der Waals surface area contributed by atoms with Gasteiger partial charge in [-0.25, -0.2) is 4.79 Å². The second-order valence-electron chi connectivity index (χ2n) is 5.42. The van der Waals surface area contributed by atoms with Crippen molar-refractivity contribution in [2.75, 3.05) is 13.2 Å². The number of carbonyl (C=O) groups is 2. The Morgan fingerprint density at radius 2 is 2.09 bits per heavy atom. The quantitative estimate of drug-likeness (QED) is 0.786. The fourth-order valence-electron chi connectivity index (χ4n) is 2.70. The topological polar surface area (TPSA) is 92.9 Å². The lowest BCUT2D eigenvalue weighted by Crippen LogP contribution is -2.49. The predicted molar refractivity (Wildman–Crippen MR) is 81.2 cm³/mol. The number of ether oxygens (including phenoxy) is 1. The van der Waals surface area contributed by atoms with E-state index >= 15 is 0 Å². The number of likely N-dealkylation sites (tertiary alicyclic amines) is 1. The minimum Gasteiger partial charge on any atom is -0.508 e. The summed E-state index contributed by atoms with van der Waals surface area (Å²) >= 11 is 0. The summed E-state index contributed by atoms with van der Waals surface area (Å²) in [6.45, 7) is 2.58. The number of benzene rings is 1. The van der Waals surface area contributed by atoms with Gasteiger partial charge in [-0.1, -0.05) is 12.1 Å². The van der Waals surface area contributed by atoms with Gasteiger partial charge in [-0.2, -0.15) is 0 Å². The van der Waals surface area contributed by atoms with Crippen molar-refractivity contribution < 1.29 is 19.4 Å². The van der Waals surface area contributed by atoms with Crippen molar-refractivity contribution >= 4 is 11.9 Å². The Labute approximate surface area is 129 Å². The summed E-state index contributed by atoms with van der Waals surface area (Å²) < 4.78 is 5.02. The van der Waals surface area contributed by atoms with Crippen LogP contribution in [-0.2, 0) is 20.7 Å². The molecule has 1 aromatic carbocycles. The van der Waals surface area contributed by atoms with E-state index in [0.29, 0.717) is 26.0 Å². The lowest BCUT2D eigenvalue weighted by atomic mass is 10.0. The number of phenolic OH excluding ortho intramolecular Hbond substituents is 1. The minimum absolute atomic E-state index is 0.172. The van der Waals surface area contributed by atoms with Crippen LogP contribution in [0.4, 0.5) is 0 Å². The van der Waals surface area contributed by atoms with Crippen LogP contribution in [0.2, 0.25) is 0 Å². The molecule has 1 aromatic rings. The van der Waals surface area contributed by atoms with E-state index in [9.17, 15) is 14.7 Å². The molecule has 6 nitrogen and oxygen atoms in total. The maximum Gasteiger partial charge on any atom is 0.328 e. The van der Waals surface area contributed by atoms with Gasteiger partial charge in [-0.3, -0.25) is 4.79 Å². The first kappa shape index (κ1) is 16.3. The number of hydrogen-bond donors (Lipinski definition) is 2. The van der Waals surface area contributed by atoms with Gasteiger partial charge in [0.05, 0.1) is 12.6 Å². The first-order valence-electron chi connectivity index (χ1n) is 7.53. The number of esters is 1. The van der Waals surface area contributed by atoms with Gasteiger partial charge in [0.2, 0.25) is 5.91 Å². The number of carbonyl (C=O) groups excluding carboxylic acids is 2. The van der Waals surface area contributed by atoms with Gasteiger partial charge < -0.3 is 20.5 Å². The number of phenols is 1. The van der Waals surface area contributed by atoms with Crippen LogP contribution >= 0.6 is 0 Å². The van der Waals surface area contributed by atoms with E-state index in [4.69, 9.17) is 10.5 Å². The zero-order valence-electron chi connectivity index (χ0n) is 12.7. The van der Waals surface area contributed by atoms with Gasteiger partial charge in [0, 0.05) is 6.54 Å². The SMILES string of the molecule is CCOC(=O)C1CCCN1C(=O)C(N)Cc1ccc(O)cc1. The first-order chi connectivity index (χ1) is 10.5. The highest BCUT2D eigenvalue weighted by Crippen LogP contribution is 2.20. The third-order valence-corrected chi connectivity index (χ3v) is 3.80. The number of aromatic hydroxyl groups is 1. The molecule has 1 fully saturated rings. The molecule has 6 heteroatoms. The van der Waals surface area contributed by atoms with E-state index in [1.165, 1.54) is 4.90 Å². The lowest BCUT2D eigenvalue weighted by molar-refractivity contribution is -0.153. The second kappa shape index (κ2) is 7.26. The van der Waals surface area contributed by atoms with Crippen LogP contribution in [0.5, 0.6) is 5.75 Å². The van der Waals surface area contributed by atoms with E-state index in [-0.39, 0.29) is 17.6 Å². The zero-order chi connectivity index (χ0) is 16.1. The number of rotatable bonds is 5. The van der Waals surface area contributed by atoms with Crippen LogP contribution in [0.25, 0.3) is 0 Å². The normalized spacial score (nSPS) is 19.0. The highest BCUT2D eigenvalue weighted by Gasteiger charge is 2.36. The van der Waals surface area contributed by atoms with Gasteiger partial charge in [0.15, 0.2) is 0 Å². The van der Waals surface area contributed by atoms with Crippen molar-refractivity contribution in [1.82, 2.24) is 4.90 Å². The molecule has 3 N–H and O–H groups in total. The van der Waals surface area contributed by atoms with E-state index in [1.807, 2.05) is 0 Å². The predicted octanol–water partition coefficient (Wildman–Crippen LogP) is 0.816. The van der Waals surface area contributed by atoms with Crippen molar-refractivity contribution in [2.45, 2.75) is 38.3 Å². The van der Waals surface area contributed by atoms with E-state index in [1.54, 1.807) is 31.2 Å². The number of nitrogens with two attached hydrogens (primary N) is 1. The van der Waals surface area contributed by atoms with Gasteiger partial charge in [0.25, 0.3) is 0 Å². The van der Waals surface area contributed by atoms with Crippen LogP contribution in [-0.4, -0.2) is 47.1 Å². The molecule has 2 unspecified atom stereocenters. The standard InChI is InChI=1S/C16H22N2O4/c1-2-22-16(21)14-4-3-9-18(14)15(20)13(17)10-11-5-7-12(19)8-6-11/h5-8,13-14,19H,2-4,9-10,17H2,1H3. The molecule has 0 saturated carbocycles. The summed E-state index contributed by atoms with van der Waals surface area (Å²) in [6, 6.07) is 5.36. The van der Waals surface area contributed by atoms with Crippen LogP contribution in [0.15, 0.2) is 24.3 Å². The fraction of sp³-hybridized carbons (Fsp3) is 0.500. The summed E-state index contributed by atoms with van der Waals surface area (Å²) in [5.41, 5.74) is 6.86. The molecule has 0 aliphatic carbocycles. The molecule has 1 amide bonds. The maximum atomic E-state index is 12.5. The third kappa shape index (κ3) is 3.76. The molecular weight excluding hydrogens is 284 g/mol. The average molecular weight is 306 g/mol. The maximum absolute atomic E-state index is 12.5. The molecule has 1 saturated heterocycles. The van der Waals surface area contributed by atoms with Crippen molar-refractivity contribution in [3.8, 4) is 5.75 Å². The molecule has 1 aliphatic heterocycles. The Balaban J connectivity index is 1.99. The van der Waals surface area contributed by atoms with Crippen molar-refractivity contribution in [2.24, 2.45) is 5.73 Å². The highest BCUT2D eigenvalue weighted by atomic mass is 16.5. The van der Waals surface area contributed by atoms with Gasteiger partial charge >= 0.3 is 5.97 Å². The molecule has 22 heavy (non-hydrogen) atoms. The van der Waals surface area contributed by atoms with Crippen molar-refractivity contribution in [1.29, 1.82) is 0 Å². The van der Waals surface area contributed by atoms with Crippen LogP contribution in [0.3, 0.4) is 0 Å². The Morgan fingerprint density at radius 3 is 2.73 bits per heavy atom. The Kier molecular flexibility index (Phi) is 5.38. The summed E-state index contributed by atoms with van der Waals surface area (Å²) in [6.07, 6.45) is 1.77. The zero-order valence-corrected chi connectivity index (χ0v) is 12.7. The smallest absolute Gasteiger partial charge is 0.328 e. The second-order valence-corrected chi connectivity index (χ2v) is 5.42. The van der Waals surface area contributed by atoms with Crippen LogP contribution < -0.4 is 5.73 Å². The van der Waals surface area contributed by atoms with Gasteiger partial charge in [-0.15, -0.1) is 0 Å². The number of amides is 1. The lowest BCUT2D eigenvalue weighted by Gasteiger charge is -2.26. The minimum atomic E-state index is -0.709. The Hall–Kier alpha value is -2.08. The van der Waals surface area contributed by atoms with E-state index in [0.717, 1.165) is 12.0 Å². The molecule has 0 bridgehead atoms. The third-order valence-electron chi connectivity index (χ3n) is 3.80. The molecule has 0 spiro atoms. The Bertz CT molecular complexity index is 529. The van der Waals surface area contributed by atoms with E-state index in [2.05, 4.69) is 0 Å². The molecule has 2 rings (SSSR count). The molecule has 1 aliphatic rings. The van der Waals surface area contributed by atoms with Crippen molar-refractivity contribution in [3.05, 3.63) is 29.8 Å². The fourth-order valence-corrected chi connectivity index (χ4v) is 2.70. The summed E-state index contributed by atoms with van der Waals surface area (Å²) in [5.74, 6) is -0.417. The molecule has 1 heterocycles. The highest BCUT2D eigenvalue weighted by molar-refractivity contribution is 5.88. The van der Waals surface area contributed by atoms with Crippen molar-refractivity contribution in [3.63, 3.8) is 0 Å². The molecular formula is C16H22N2O4. The van der Waals surface area contributed by atoms with Gasteiger partial charge in [-0.05, 0) is 43.9 Å². The summed E-state index contributed by atoms with van der Waals surface area (Å²) in [7, 11) is 0. The summed E-state index contributed by atoms with van der Waals surface area (Å²) in [5, 5.41) is 9.26. The van der Waals surface area contributed by atoms with Crippen LogP contribution in [0, 0.1) is 0 Å². The number of nitrogens with zero attached hydrogens (tertiary/aromatic N) is 1. The van der Waals surface area contributed by atoms with Crippen LogP contribution in [0.1, 0.15) is 25.3 Å². The molecule has 0 aromatic heterocycles. The first-order valence-corrected chi connectivity index (χ1v) is 7.53. The average Bonchev–Trinajstić information content (AvgIpc) is 2.98. The van der Waals surface area contributed by atoms with Gasteiger partial charge in [0.1, 0.15) is 11.8 Å². The largest absolute Gasteiger partial charge is 0.508 e. The molecule has 0 radical (unpaired) electrons. The number of hydrogen-bond acceptors (Lipinski definition) is 5. The van der Waals surface area contributed by atoms with E-state index < -0.39 is 12.1 Å². The molecule has 2 atom stereocenters. The molecule has 120 valence electrons. The Morgan fingerprint density at radius 1 is 1.41 bits per heavy atom.